The Labute approximate surface area is 136 Å². The molecule has 2 fully saturated rings. The maximum Gasteiger partial charge on any atom is 0.339 e. The first kappa shape index (κ1) is 16.2. The Hall–Kier alpha value is -1.66. The van der Waals surface area contributed by atoms with Gasteiger partial charge in [-0.1, -0.05) is 0 Å². The van der Waals surface area contributed by atoms with Crippen molar-refractivity contribution in [3.63, 3.8) is 0 Å². The molecule has 1 spiro atoms. The first-order chi connectivity index (χ1) is 11.1. The smallest absolute Gasteiger partial charge is 0.339 e. The number of hydrogen-bond donors (Lipinski definition) is 0. The van der Waals surface area contributed by atoms with Crippen LogP contribution in [-0.4, -0.2) is 42.2 Å². The maximum absolute atomic E-state index is 12.2. The van der Waals surface area contributed by atoms with Gasteiger partial charge in [0.1, 0.15) is 6.10 Å². The molecule has 6 heteroatoms. The normalized spacial score (nSPS) is 20.8. The van der Waals surface area contributed by atoms with Gasteiger partial charge in [0.05, 0.1) is 24.9 Å². The predicted octanol–water partition coefficient (Wildman–Crippen LogP) is 2.71. The van der Waals surface area contributed by atoms with Crippen LogP contribution < -0.4 is 4.74 Å². The fraction of sp³-hybridized carbons (Fsp3) is 0.647. The molecule has 3 rings (SSSR count). The van der Waals surface area contributed by atoms with Gasteiger partial charge >= 0.3 is 5.97 Å². The second-order valence-corrected chi connectivity index (χ2v) is 6.26. The summed E-state index contributed by atoms with van der Waals surface area (Å²) < 4.78 is 22.4. The molecular weight excluding hydrogens is 298 g/mol. The van der Waals surface area contributed by atoms with Gasteiger partial charge < -0.3 is 18.9 Å². The lowest BCUT2D eigenvalue weighted by molar-refractivity contribution is -0.188. The molecule has 126 valence electrons. The number of carbonyl (C=O) groups is 1. The molecule has 1 aliphatic heterocycles. The number of ether oxygens (including phenoxy) is 4. The van der Waals surface area contributed by atoms with Crippen molar-refractivity contribution in [3.8, 4) is 5.88 Å². The number of rotatable bonds is 4. The largest absolute Gasteiger partial charge is 0.475 e. The van der Waals surface area contributed by atoms with Crippen LogP contribution in [0.1, 0.15) is 49.9 Å². The minimum Gasteiger partial charge on any atom is -0.475 e. The van der Waals surface area contributed by atoms with E-state index >= 15 is 0 Å². The zero-order chi connectivity index (χ0) is 16.3. The number of hydrogen-bond acceptors (Lipinski definition) is 6. The Morgan fingerprint density at radius 2 is 1.96 bits per heavy atom. The van der Waals surface area contributed by atoms with Gasteiger partial charge in [-0.2, -0.15) is 0 Å². The van der Waals surface area contributed by atoms with E-state index in [1.165, 1.54) is 6.20 Å². The number of pyridine rings is 1. The molecule has 0 bridgehead atoms. The molecule has 1 aromatic rings. The third-order valence-corrected chi connectivity index (χ3v) is 4.11. The summed E-state index contributed by atoms with van der Waals surface area (Å²) in [6.45, 7) is 5.16. The van der Waals surface area contributed by atoms with Gasteiger partial charge in [0.2, 0.25) is 5.88 Å². The van der Waals surface area contributed by atoms with Crippen LogP contribution in [0, 0.1) is 0 Å². The highest BCUT2D eigenvalue weighted by atomic mass is 16.7. The summed E-state index contributed by atoms with van der Waals surface area (Å²) in [5.41, 5.74) is 0.440. The lowest BCUT2D eigenvalue weighted by Gasteiger charge is -2.34. The van der Waals surface area contributed by atoms with Crippen molar-refractivity contribution < 1.29 is 23.7 Å². The van der Waals surface area contributed by atoms with Crippen LogP contribution in [0.5, 0.6) is 5.88 Å². The first-order valence-electron chi connectivity index (χ1n) is 8.18. The fourth-order valence-electron chi connectivity index (χ4n) is 2.97. The first-order valence-corrected chi connectivity index (χ1v) is 8.18. The molecule has 1 aliphatic carbocycles. The lowest BCUT2D eigenvalue weighted by atomic mass is 9.92. The standard InChI is InChI=1S/C17H23NO5/c1-12(2)22-15-4-3-13(11-18-15)16(19)23-14-5-7-17(8-6-14)20-9-10-21-17/h3-4,11-12,14H,5-10H2,1-2H3. The topological polar surface area (TPSA) is 66.9 Å². The Bertz CT molecular complexity index is 526. The average Bonchev–Trinajstić information content (AvgIpc) is 2.98. The van der Waals surface area contributed by atoms with Crippen LogP contribution in [0.3, 0.4) is 0 Å². The highest BCUT2D eigenvalue weighted by molar-refractivity contribution is 5.89. The summed E-state index contributed by atoms with van der Waals surface area (Å²) in [5, 5.41) is 0. The summed E-state index contributed by atoms with van der Waals surface area (Å²) >= 11 is 0. The molecule has 0 radical (unpaired) electrons. The summed E-state index contributed by atoms with van der Waals surface area (Å²) in [7, 11) is 0. The maximum atomic E-state index is 12.2. The molecule has 1 saturated carbocycles. The van der Waals surface area contributed by atoms with Crippen molar-refractivity contribution in [1.29, 1.82) is 0 Å². The summed E-state index contributed by atoms with van der Waals surface area (Å²) in [5.74, 6) is -0.269. The molecule has 2 aliphatic rings. The molecule has 0 atom stereocenters. The van der Waals surface area contributed by atoms with Gasteiger partial charge in [0.15, 0.2) is 5.79 Å². The molecule has 0 aromatic carbocycles. The van der Waals surface area contributed by atoms with E-state index in [1.54, 1.807) is 12.1 Å². The molecule has 2 heterocycles. The SMILES string of the molecule is CC(C)Oc1ccc(C(=O)OC2CCC3(CC2)OCCO3)cn1. The number of aromatic nitrogens is 1. The van der Waals surface area contributed by atoms with Crippen LogP contribution in [0.25, 0.3) is 0 Å². The van der Waals surface area contributed by atoms with Gasteiger partial charge in [-0.15, -0.1) is 0 Å². The minimum absolute atomic E-state index is 0.0508. The van der Waals surface area contributed by atoms with Gasteiger partial charge in [-0.05, 0) is 32.8 Å². The molecule has 0 N–H and O–H groups in total. The average molecular weight is 321 g/mol. The van der Waals surface area contributed by atoms with Gasteiger partial charge in [0, 0.05) is 25.1 Å². The molecule has 0 amide bonds. The third kappa shape index (κ3) is 4.00. The Morgan fingerprint density at radius 1 is 1.26 bits per heavy atom. The summed E-state index contributed by atoms with van der Waals surface area (Å²) in [6.07, 6.45) is 4.51. The van der Waals surface area contributed by atoms with Crippen molar-refractivity contribution in [1.82, 2.24) is 4.98 Å². The molecule has 1 aromatic heterocycles. The monoisotopic (exact) mass is 321 g/mol. The second-order valence-electron chi connectivity index (χ2n) is 6.26. The highest BCUT2D eigenvalue weighted by Crippen LogP contribution is 2.36. The van der Waals surface area contributed by atoms with E-state index in [2.05, 4.69) is 4.98 Å². The third-order valence-electron chi connectivity index (χ3n) is 4.11. The van der Waals surface area contributed by atoms with Crippen LogP contribution in [0.2, 0.25) is 0 Å². The van der Waals surface area contributed by atoms with E-state index < -0.39 is 5.79 Å². The van der Waals surface area contributed by atoms with Crippen LogP contribution in [0.4, 0.5) is 0 Å². The molecule has 23 heavy (non-hydrogen) atoms. The number of carbonyl (C=O) groups excluding carboxylic acids is 1. The Kier molecular flexibility index (Phi) is 4.82. The van der Waals surface area contributed by atoms with Crippen molar-refractivity contribution in [2.45, 2.75) is 57.5 Å². The van der Waals surface area contributed by atoms with Crippen molar-refractivity contribution >= 4 is 5.97 Å². The second kappa shape index (κ2) is 6.84. The fourth-order valence-corrected chi connectivity index (χ4v) is 2.97. The summed E-state index contributed by atoms with van der Waals surface area (Å²) in [4.78, 5) is 16.3. The number of nitrogens with zero attached hydrogens (tertiary/aromatic N) is 1. The van der Waals surface area contributed by atoms with Crippen LogP contribution in [-0.2, 0) is 14.2 Å². The highest BCUT2D eigenvalue weighted by Gasteiger charge is 2.41. The van der Waals surface area contributed by atoms with E-state index in [0.29, 0.717) is 24.7 Å². The Balaban J connectivity index is 1.51. The molecule has 6 nitrogen and oxygen atoms in total. The van der Waals surface area contributed by atoms with E-state index in [0.717, 1.165) is 25.7 Å². The molecular formula is C17H23NO5. The van der Waals surface area contributed by atoms with Crippen molar-refractivity contribution in [2.24, 2.45) is 0 Å². The lowest BCUT2D eigenvalue weighted by Crippen LogP contribution is -2.38. The van der Waals surface area contributed by atoms with E-state index in [-0.39, 0.29) is 18.2 Å². The zero-order valence-electron chi connectivity index (χ0n) is 13.6. The summed E-state index contributed by atoms with van der Waals surface area (Å²) in [6, 6.07) is 3.37. The van der Waals surface area contributed by atoms with Crippen LogP contribution in [0.15, 0.2) is 18.3 Å². The molecule has 0 unspecified atom stereocenters. The number of esters is 1. The minimum atomic E-state index is -0.430. The van der Waals surface area contributed by atoms with Crippen molar-refractivity contribution in [3.05, 3.63) is 23.9 Å². The van der Waals surface area contributed by atoms with Crippen molar-refractivity contribution in [2.75, 3.05) is 13.2 Å². The van der Waals surface area contributed by atoms with Gasteiger partial charge in [-0.25, -0.2) is 9.78 Å². The van der Waals surface area contributed by atoms with E-state index in [4.69, 9.17) is 18.9 Å². The molecule has 1 saturated heterocycles. The van der Waals surface area contributed by atoms with Gasteiger partial charge in [-0.3, -0.25) is 0 Å². The Morgan fingerprint density at radius 3 is 2.52 bits per heavy atom. The van der Waals surface area contributed by atoms with E-state index in [9.17, 15) is 4.79 Å². The zero-order valence-corrected chi connectivity index (χ0v) is 13.6. The quantitative estimate of drug-likeness (QED) is 0.794. The van der Waals surface area contributed by atoms with Gasteiger partial charge in [0.25, 0.3) is 0 Å². The van der Waals surface area contributed by atoms with E-state index in [1.807, 2.05) is 13.8 Å². The predicted molar refractivity (Wildman–Crippen MR) is 82.3 cm³/mol. The van der Waals surface area contributed by atoms with Crippen LogP contribution >= 0.6 is 0 Å².